The molecule has 0 aliphatic heterocycles. The zero-order valence-corrected chi connectivity index (χ0v) is 10.2. The zero-order chi connectivity index (χ0) is 11.4. The summed E-state index contributed by atoms with van der Waals surface area (Å²) in [6, 6.07) is 2.00. The Balaban J connectivity index is 3.14. The maximum atomic E-state index is 7.55. The Labute approximate surface area is 95.0 Å². The predicted octanol–water partition coefficient (Wildman–Crippen LogP) is 2.48. The average molecular weight is 223 g/mol. The molecular weight excluding hydrogens is 206 g/mol. The number of nitrogens with one attached hydrogen (secondary N) is 1. The second-order valence-electron chi connectivity index (χ2n) is 3.48. The van der Waals surface area contributed by atoms with Gasteiger partial charge in [-0.2, -0.15) is 0 Å². The number of nitrogen functional groups attached to an aromatic ring is 1. The Morgan fingerprint density at radius 2 is 2.20 bits per heavy atom. The summed E-state index contributed by atoms with van der Waals surface area (Å²) in [5.74, 6) is 1.15. The van der Waals surface area contributed by atoms with Crippen LogP contribution in [-0.2, 0) is 0 Å². The van der Waals surface area contributed by atoms with Crippen molar-refractivity contribution in [3.63, 3.8) is 0 Å². The highest BCUT2D eigenvalue weighted by atomic mass is 32.2. The summed E-state index contributed by atoms with van der Waals surface area (Å²) in [5.41, 5.74) is 8.19. The van der Waals surface area contributed by atoms with Crippen LogP contribution in [0.3, 0.4) is 0 Å². The molecule has 15 heavy (non-hydrogen) atoms. The van der Waals surface area contributed by atoms with Crippen LogP contribution in [0.5, 0.6) is 0 Å². The van der Waals surface area contributed by atoms with Crippen LogP contribution in [0, 0.1) is 19.3 Å². The van der Waals surface area contributed by atoms with Gasteiger partial charge in [-0.3, -0.25) is 10.4 Å². The minimum Gasteiger partial charge on any atom is -0.384 e. The first-order chi connectivity index (χ1) is 7.06. The summed E-state index contributed by atoms with van der Waals surface area (Å²) in [6.45, 7) is 6.01. The smallest absolute Gasteiger partial charge is 0.125 e. The first-order valence-electron chi connectivity index (χ1n) is 5.01. The van der Waals surface area contributed by atoms with Crippen molar-refractivity contribution in [1.82, 2.24) is 4.98 Å². The van der Waals surface area contributed by atoms with Gasteiger partial charge in [-0.1, -0.05) is 6.92 Å². The van der Waals surface area contributed by atoms with E-state index < -0.39 is 0 Å². The Morgan fingerprint density at radius 3 is 2.73 bits per heavy atom. The number of rotatable bonds is 4. The van der Waals surface area contributed by atoms with Crippen LogP contribution in [0.2, 0.25) is 0 Å². The van der Waals surface area contributed by atoms with Gasteiger partial charge in [0.1, 0.15) is 5.84 Å². The topological polar surface area (TPSA) is 62.8 Å². The summed E-state index contributed by atoms with van der Waals surface area (Å²) in [5, 5.41) is 7.55. The van der Waals surface area contributed by atoms with Gasteiger partial charge in [-0.15, -0.1) is 11.8 Å². The standard InChI is InChI=1S/C11H17N3S/c1-4-5-15-9-6-7(2)14-8(3)10(9)11(12)13/h6H,4-5H2,1-3H3,(H3,12,13). The van der Waals surface area contributed by atoms with Crippen LogP contribution < -0.4 is 5.73 Å². The largest absolute Gasteiger partial charge is 0.384 e. The number of nitrogens with two attached hydrogens (primary N) is 1. The second kappa shape index (κ2) is 5.16. The van der Waals surface area contributed by atoms with Crippen molar-refractivity contribution in [2.24, 2.45) is 5.73 Å². The molecule has 0 saturated heterocycles. The second-order valence-corrected chi connectivity index (χ2v) is 4.62. The normalized spacial score (nSPS) is 10.3. The van der Waals surface area contributed by atoms with Crippen LogP contribution >= 0.6 is 11.8 Å². The van der Waals surface area contributed by atoms with Gasteiger partial charge >= 0.3 is 0 Å². The van der Waals surface area contributed by atoms with Gasteiger partial charge in [0.2, 0.25) is 0 Å². The minimum atomic E-state index is 0.110. The maximum Gasteiger partial charge on any atom is 0.125 e. The number of thioether (sulfide) groups is 1. The third-order valence-corrected chi connectivity index (χ3v) is 3.27. The highest BCUT2D eigenvalue weighted by Gasteiger charge is 2.11. The molecule has 0 bridgehead atoms. The van der Waals surface area contributed by atoms with Crippen LogP contribution in [-0.4, -0.2) is 16.6 Å². The molecule has 0 aliphatic rings. The summed E-state index contributed by atoms with van der Waals surface area (Å²) in [7, 11) is 0. The molecule has 0 fully saturated rings. The van der Waals surface area contributed by atoms with E-state index in [4.69, 9.17) is 11.1 Å². The first kappa shape index (κ1) is 12.0. The number of aryl methyl sites for hydroxylation is 2. The van der Waals surface area contributed by atoms with E-state index in [0.717, 1.165) is 34.0 Å². The molecule has 1 aromatic rings. The van der Waals surface area contributed by atoms with E-state index in [1.807, 2.05) is 19.9 Å². The molecule has 3 nitrogen and oxygen atoms in total. The Bertz CT molecular complexity index is 374. The molecule has 3 N–H and O–H groups in total. The number of nitrogens with zero attached hydrogens (tertiary/aromatic N) is 1. The van der Waals surface area contributed by atoms with Crippen molar-refractivity contribution in [3.05, 3.63) is 23.0 Å². The van der Waals surface area contributed by atoms with Gasteiger partial charge in [0.05, 0.1) is 5.56 Å². The van der Waals surface area contributed by atoms with E-state index in [0.29, 0.717) is 0 Å². The summed E-state index contributed by atoms with van der Waals surface area (Å²) >= 11 is 1.74. The summed E-state index contributed by atoms with van der Waals surface area (Å²) in [4.78, 5) is 5.41. The van der Waals surface area contributed by atoms with E-state index in [9.17, 15) is 0 Å². The van der Waals surface area contributed by atoms with Crippen LogP contribution in [0.15, 0.2) is 11.0 Å². The van der Waals surface area contributed by atoms with Crippen molar-refractivity contribution in [2.75, 3.05) is 5.75 Å². The number of hydrogen-bond acceptors (Lipinski definition) is 3. The molecule has 0 saturated carbocycles. The molecule has 0 amide bonds. The van der Waals surface area contributed by atoms with Crippen LogP contribution in [0.1, 0.15) is 30.3 Å². The van der Waals surface area contributed by atoms with E-state index in [1.165, 1.54) is 0 Å². The summed E-state index contributed by atoms with van der Waals surface area (Å²) in [6.07, 6.45) is 1.11. The van der Waals surface area contributed by atoms with Gasteiger partial charge in [-0.25, -0.2) is 0 Å². The molecule has 0 aliphatic carbocycles. The van der Waals surface area contributed by atoms with Gasteiger partial charge in [0, 0.05) is 16.3 Å². The number of aromatic nitrogens is 1. The third-order valence-electron chi connectivity index (χ3n) is 2.02. The van der Waals surface area contributed by atoms with Crippen molar-refractivity contribution < 1.29 is 0 Å². The predicted molar refractivity (Wildman–Crippen MR) is 65.7 cm³/mol. The van der Waals surface area contributed by atoms with Gasteiger partial charge in [0.25, 0.3) is 0 Å². The molecule has 0 aromatic carbocycles. The molecule has 0 radical (unpaired) electrons. The van der Waals surface area contributed by atoms with E-state index in [2.05, 4.69) is 11.9 Å². The fraction of sp³-hybridized carbons (Fsp3) is 0.455. The molecule has 4 heteroatoms. The fourth-order valence-electron chi connectivity index (χ4n) is 1.45. The molecule has 0 unspecified atom stereocenters. The number of amidine groups is 1. The third kappa shape index (κ3) is 2.96. The Kier molecular flexibility index (Phi) is 4.15. The van der Waals surface area contributed by atoms with Crippen LogP contribution in [0.4, 0.5) is 0 Å². The fourth-order valence-corrected chi connectivity index (χ4v) is 2.53. The van der Waals surface area contributed by atoms with Crippen molar-refractivity contribution >= 4 is 17.6 Å². The molecule has 0 atom stereocenters. The lowest BCUT2D eigenvalue weighted by Crippen LogP contribution is -2.15. The lowest BCUT2D eigenvalue weighted by molar-refractivity contribution is 1.06. The minimum absolute atomic E-state index is 0.110. The van der Waals surface area contributed by atoms with Crippen molar-refractivity contribution in [3.8, 4) is 0 Å². The molecule has 0 spiro atoms. The lowest BCUT2D eigenvalue weighted by Gasteiger charge is -2.11. The maximum absolute atomic E-state index is 7.55. The van der Waals surface area contributed by atoms with E-state index in [-0.39, 0.29) is 5.84 Å². The van der Waals surface area contributed by atoms with Crippen LogP contribution in [0.25, 0.3) is 0 Å². The first-order valence-corrected chi connectivity index (χ1v) is 6.00. The highest BCUT2D eigenvalue weighted by Crippen LogP contribution is 2.25. The van der Waals surface area contributed by atoms with E-state index >= 15 is 0 Å². The molecule has 1 rings (SSSR count). The van der Waals surface area contributed by atoms with Gasteiger partial charge in [0.15, 0.2) is 0 Å². The van der Waals surface area contributed by atoms with E-state index in [1.54, 1.807) is 11.8 Å². The van der Waals surface area contributed by atoms with Gasteiger partial charge < -0.3 is 5.73 Å². The summed E-state index contributed by atoms with van der Waals surface area (Å²) < 4.78 is 0. The Morgan fingerprint density at radius 1 is 1.53 bits per heavy atom. The highest BCUT2D eigenvalue weighted by molar-refractivity contribution is 7.99. The molecule has 1 aromatic heterocycles. The van der Waals surface area contributed by atoms with Crippen molar-refractivity contribution in [2.45, 2.75) is 32.1 Å². The molecule has 82 valence electrons. The zero-order valence-electron chi connectivity index (χ0n) is 9.42. The monoisotopic (exact) mass is 223 g/mol. The SMILES string of the molecule is CCCSc1cc(C)nc(C)c1C(=N)N. The Hall–Kier alpha value is -1.03. The number of hydrogen-bond donors (Lipinski definition) is 2. The molecule has 1 heterocycles. The van der Waals surface area contributed by atoms with Gasteiger partial charge in [-0.05, 0) is 32.1 Å². The number of pyridine rings is 1. The quantitative estimate of drug-likeness (QED) is 0.468. The van der Waals surface area contributed by atoms with Crippen molar-refractivity contribution in [1.29, 1.82) is 5.41 Å². The lowest BCUT2D eigenvalue weighted by atomic mass is 10.1. The average Bonchev–Trinajstić information content (AvgIpc) is 2.12. The molecular formula is C11H17N3S.